The lowest BCUT2D eigenvalue weighted by Gasteiger charge is -2.37. The summed E-state index contributed by atoms with van der Waals surface area (Å²) in [5.41, 5.74) is 2.16. The summed E-state index contributed by atoms with van der Waals surface area (Å²) in [6.45, 7) is 13.8. The third-order valence-corrected chi connectivity index (χ3v) is 6.76. The molecule has 168 valence electrons. The molecule has 1 N–H and O–H groups in total. The van der Waals surface area contributed by atoms with Gasteiger partial charge >= 0.3 is 0 Å². The van der Waals surface area contributed by atoms with E-state index in [1.54, 1.807) is 0 Å². The van der Waals surface area contributed by atoms with Gasteiger partial charge < -0.3 is 29.3 Å². The van der Waals surface area contributed by atoms with E-state index in [2.05, 4.69) is 48.0 Å². The van der Waals surface area contributed by atoms with E-state index < -0.39 is 0 Å². The molecule has 0 bridgehead atoms. The van der Waals surface area contributed by atoms with Crippen LogP contribution in [0, 0.1) is 0 Å². The lowest BCUT2D eigenvalue weighted by atomic mass is 9.94. The molecule has 3 aliphatic rings. The topological polar surface area (TPSA) is 59.1 Å². The van der Waals surface area contributed by atoms with Crippen molar-refractivity contribution >= 4 is 16.7 Å². The Bertz CT molecular complexity index is 940. The molecular formula is C24H34N4O3. The maximum absolute atomic E-state index is 5.90. The molecule has 2 fully saturated rings. The lowest BCUT2D eigenvalue weighted by Crippen LogP contribution is -2.47. The number of hydrogen-bond donors (Lipinski definition) is 1. The molecule has 1 aromatic heterocycles. The molecule has 31 heavy (non-hydrogen) atoms. The van der Waals surface area contributed by atoms with Crippen molar-refractivity contribution < 1.29 is 14.2 Å². The Morgan fingerprint density at radius 1 is 1.10 bits per heavy atom. The van der Waals surface area contributed by atoms with Crippen LogP contribution in [-0.4, -0.2) is 67.7 Å². The fraction of sp³-hybridized carbons (Fsp3) is 0.625. The van der Waals surface area contributed by atoms with Gasteiger partial charge in [0.2, 0.25) is 6.79 Å². The van der Waals surface area contributed by atoms with Gasteiger partial charge in [-0.25, -0.2) is 4.98 Å². The monoisotopic (exact) mass is 426 g/mol. The minimum absolute atomic E-state index is 0.0608. The molecule has 5 rings (SSSR count). The van der Waals surface area contributed by atoms with Crippen molar-refractivity contribution in [1.82, 2.24) is 15.2 Å². The standard InChI is InChI=1S/C24H34N4O3/c1-4-27-6-8-28(9-7-27)23-18(15-25-19-5-10-31-24(2,3)14-19)11-17-12-21-22(30-16-29-21)13-20(17)26-23/h11-13,19,25H,4-10,14-16H2,1-3H3/t19-/m1/s1. The number of fused-ring (bicyclic) bond motifs is 2. The van der Waals surface area contributed by atoms with Crippen molar-refractivity contribution in [2.24, 2.45) is 0 Å². The van der Waals surface area contributed by atoms with E-state index in [4.69, 9.17) is 19.2 Å². The predicted molar refractivity (Wildman–Crippen MR) is 122 cm³/mol. The number of hydrogen-bond acceptors (Lipinski definition) is 7. The van der Waals surface area contributed by atoms with Crippen LogP contribution in [0.15, 0.2) is 18.2 Å². The number of likely N-dealkylation sites (N-methyl/N-ethyl adjacent to an activating group) is 1. The summed E-state index contributed by atoms with van der Waals surface area (Å²) < 4.78 is 17.1. The molecule has 7 heteroatoms. The second-order valence-corrected chi connectivity index (χ2v) is 9.47. The van der Waals surface area contributed by atoms with E-state index in [1.807, 2.05) is 6.07 Å². The maximum atomic E-state index is 5.90. The van der Waals surface area contributed by atoms with Gasteiger partial charge in [0.25, 0.3) is 0 Å². The van der Waals surface area contributed by atoms with Crippen LogP contribution >= 0.6 is 0 Å². The number of aromatic nitrogens is 1. The largest absolute Gasteiger partial charge is 0.454 e. The van der Waals surface area contributed by atoms with Crippen LogP contribution in [0.4, 0.5) is 5.82 Å². The molecule has 0 amide bonds. The molecule has 0 spiro atoms. The minimum atomic E-state index is -0.0608. The van der Waals surface area contributed by atoms with Gasteiger partial charge in [-0.1, -0.05) is 6.92 Å². The fourth-order valence-corrected chi connectivity index (χ4v) is 4.94. The molecule has 1 atom stereocenters. The highest BCUT2D eigenvalue weighted by atomic mass is 16.7. The Morgan fingerprint density at radius 3 is 2.61 bits per heavy atom. The SMILES string of the molecule is CCN1CCN(c2nc3cc4c(cc3cc2CN[C@@H]2CCOC(C)(C)C2)OCO4)CC1. The van der Waals surface area contributed by atoms with Crippen LogP contribution in [0.3, 0.4) is 0 Å². The minimum Gasteiger partial charge on any atom is -0.454 e. The molecule has 0 unspecified atom stereocenters. The molecule has 0 aliphatic carbocycles. The maximum Gasteiger partial charge on any atom is 0.231 e. The van der Waals surface area contributed by atoms with Crippen LogP contribution in [0.5, 0.6) is 11.5 Å². The van der Waals surface area contributed by atoms with E-state index in [-0.39, 0.29) is 12.4 Å². The van der Waals surface area contributed by atoms with E-state index in [0.717, 1.165) is 86.9 Å². The van der Waals surface area contributed by atoms with Crippen LogP contribution < -0.4 is 19.7 Å². The van der Waals surface area contributed by atoms with Crippen LogP contribution in [-0.2, 0) is 11.3 Å². The summed E-state index contributed by atoms with van der Waals surface area (Å²) in [6, 6.07) is 6.82. The number of nitrogens with zero attached hydrogens (tertiary/aromatic N) is 3. The first-order valence-corrected chi connectivity index (χ1v) is 11.6. The number of anilines is 1. The molecule has 1 aromatic carbocycles. The zero-order valence-corrected chi connectivity index (χ0v) is 18.9. The number of nitrogens with one attached hydrogen (secondary N) is 1. The molecule has 2 saturated heterocycles. The summed E-state index contributed by atoms with van der Waals surface area (Å²) >= 11 is 0. The van der Waals surface area contributed by atoms with Crippen molar-refractivity contribution in [3.05, 3.63) is 23.8 Å². The molecule has 4 heterocycles. The van der Waals surface area contributed by atoms with Gasteiger partial charge in [0.15, 0.2) is 11.5 Å². The zero-order chi connectivity index (χ0) is 21.4. The quantitative estimate of drug-likeness (QED) is 0.788. The van der Waals surface area contributed by atoms with Crippen molar-refractivity contribution in [2.45, 2.75) is 51.8 Å². The van der Waals surface area contributed by atoms with Gasteiger partial charge in [-0.05, 0) is 45.4 Å². The highest BCUT2D eigenvalue weighted by Gasteiger charge is 2.29. The van der Waals surface area contributed by atoms with Gasteiger partial charge in [-0.15, -0.1) is 0 Å². The van der Waals surface area contributed by atoms with Gasteiger partial charge in [-0.2, -0.15) is 0 Å². The van der Waals surface area contributed by atoms with Crippen LogP contribution in [0.25, 0.3) is 10.9 Å². The van der Waals surface area contributed by atoms with Crippen LogP contribution in [0.2, 0.25) is 0 Å². The molecule has 0 saturated carbocycles. The Balaban J connectivity index is 1.43. The van der Waals surface area contributed by atoms with Gasteiger partial charge in [0, 0.05) is 62.4 Å². The third-order valence-electron chi connectivity index (χ3n) is 6.76. The van der Waals surface area contributed by atoms with Crippen LogP contribution in [0.1, 0.15) is 39.2 Å². The number of piperazine rings is 1. The number of ether oxygens (including phenoxy) is 3. The summed E-state index contributed by atoms with van der Waals surface area (Å²) in [5.74, 6) is 2.70. The summed E-state index contributed by atoms with van der Waals surface area (Å²) in [7, 11) is 0. The average Bonchev–Trinajstić information content (AvgIpc) is 3.22. The van der Waals surface area contributed by atoms with Crippen molar-refractivity contribution in [2.75, 3.05) is 51.0 Å². The van der Waals surface area contributed by atoms with E-state index in [1.165, 1.54) is 5.56 Å². The smallest absolute Gasteiger partial charge is 0.231 e. The zero-order valence-electron chi connectivity index (χ0n) is 18.9. The highest BCUT2D eigenvalue weighted by Crippen LogP contribution is 2.37. The highest BCUT2D eigenvalue weighted by molar-refractivity contribution is 5.85. The first-order chi connectivity index (χ1) is 15.0. The van der Waals surface area contributed by atoms with Gasteiger partial charge in [0.1, 0.15) is 5.82 Å². The predicted octanol–water partition coefficient (Wildman–Crippen LogP) is 3.15. The Kier molecular flexibility index (Phi) is 5.67. The van der Waals surface area contributed by atoms with Gasteiger partial charge in [0.05, 0.1) is 11.1 Å². The van der Waals surface area contributed by atoms with E-state index >= 15 is 0 Å². The average molecular weight is 427 g/mol. The second kappa shape index (κ2) is 8.45. The van der Waals surface area contributed by atoms with E-state index in [0.29, 0.717) is 6.04 Å². The summed E-state index contributed by atoms with van der Waals surface area (Å²) in [4.78, 5) is 10.1. The van der Waals surface area contributed by atoms with Crippen molar-refractivity contribution in [3.8, 4) is 11.5 Å². The van der Waals surface area contributed by atoms with E-state index in [9.17, 15) is 0 Å². The normalized spacial score (nSPS) is 23.5. The Morgan fingerprint density at radius 2 is 1.87 bits per heavy atom. The number of benzene rings is 1. The Labute approximate surface area is 184 Å². The molecular weight excluding hydrogens is 392 g/mol. The molecule has 2 aromatic rings. The second-order valence-electron chi connectivity index (χ2n) is 9.47. The number of rotatable bonds is 5. The Hall–Kier alpha value is -2.09. The first kappa shape index (κ1) is 20.8. The molecule has 7 nitrogen and oxygen atoms in total. The van der Waals surface area contributed by atoms with Gasteiger partial charge in [-0.3, -0.25) is 0 Å². The summed E-state index contributed by atoms with van der Waals surface area (Å²) in [6.07, 6.45) is 2.07. The lowest BCUT2D eigenvalue weighted by molar-refractivity contribution is -0.0630. The molecule has 0 radical (unpaired) electrons. The fourth-order valence-electron chi connectivity index (χ4n) is 4.94. The van der Waals surface area contributed by atoms with Crippen molar-refractivity contribution in [3.63, 3.8) is 0 Å². The molecule has 3 aliphatic heterocycles. The first-order valence-electron chi connectivity index (χ1n) is 11.6. The third kappa shape index (κ3) is 4.45. The van der Waals surface area contributed by atoms with Crippen molar-refractivity contribution in [1.29, 1.82) is 0 Å². The number of pyridine rings is 1. The summed E-state index contributed by atoms with van der Waals surface area (Å²) in [5, 5.41) is 4.90.